The summed E-state index contributed by atoms with van der Waals surface area (Å²) in [4.78, 5) is 12.1. The summed E-state index contributed by atoms with van der Waals surface area (Å²) < 4.78 is 39.7. The van der Waals surface area contributed by atoms with Crippen LogP contribution >= 0.6 is 0 Å². The molecule has 2 rings (SSSR count). The van der Waals surface area contributed by atoms with E-state index in [1.807, 2.05) is 31.2 Å². The molecule has 1 atom stereocenters. The van der Waals surface area contributed by atoms with Crippen LogP contribution in [-0.2, 0) is 17.8 Å². The minimum Gasteiger partial charge on any atom is -0.351 e. The molecule has 1 aliphatic rings. The van der Waals surface area contributed by atoms with E-state index in [9.17, 15) is 18.0 Å². The maximum absolute atomic E-state index is 13.2. The van der Waals surface area contributed by atoms with Crippen molar-refractivity contribution < 1.29 is 18.0 Å². The van der Waals surface area contributed by atoms with Crippen molar-refractivity contribution in [3.8, 4) is 0 Å². The minimum absolute atomic E-state index is 0.126. The molecular formula is C15H19F3N2O. The number of hydrogen-bond donors (Lipinski definition) is 2. The topological polar surface area (TPSA) is 41.1 Å². The van der Waals surface area contributed by atoms with E-state index in [1.54, 1.807) is 0 Å². The number of halogens is 3. The highest BCUT2D eigenvalue weighted by Gasteiger charge is 2.61. The molecule has 1 aromatic carbocycles. The highest BCUT2D eigenvalue weighted by atomic mass is 19.4. The van der Waals surface area contributed by atoms with Crippen LogP contribution in [0.25, 0.3) is 0 Å². The second kappa shape index (κ2) is 6.05. The van der Waals surface area contributed by atoms with Crippen LogP contribution < -0.4 is 10.6 Å². The van der Waals surface area contributed by atoms with Crippen LogP contribution in [0.4, 0.5) is 13.2 Å². The third kappa shape index (κ3) is 3.05. The summed E-state index contributed by atoms with van der Waals surface area (Å²) in [6.45, 7) is 1.95. The Balaban J connectivity index is 2.10. The molecule has 0 spiro atoms. The highest BCUT2D eigenvalue weighted by molar-refractivity contribution is 5.84. The van der Waals surface area contributed by atoms with Gasteiger partial charge in [0.1, 0.15) is 0 Å². The van der Waals surface area contributed by atoms with Crippen LogP contribution in [0.2, 0.25) is 0 Å². The van der Waals surface area contributed by atoms with E-state index in [2.05, 4.69) is 10.6 Å². The van der Waals surface area contributed by atoms with Crippen molar-refractivity contribution in [3.05, 3.63) is 35.4 Å². The van der Waals surface area contributed by atoms with Crippen LogP contribution in [0, 0.1) is 5.41 Å². The number of amides is 1. The fourth-order valence-electron chi connectivity index (χ4n) is 2.68. The Morgan fingerprint density at radius 2 is 2.00 bits per heavy atom. The summed E-state index contributed by atoms with van der Waals surface area (Å²) in [5, 5.41) is 5.10. The summed E-state index contributed by atoms with van der Waals surface area (Å²) in [5.41, 5.74) is -0.409. The van der Waals surface area contributed by atoms with E-state index in [0.29, 0.717) is 0 Å². The van der Waals surface area contributed by atoms with E-state index in [-0.39, 0.29) is 26.1 Å². The molecule has 1 aliphatic heterocycles. The fourth-order valence-corrected chi connectivity index (χ4v) is 2.68. The first kappa shape index (κ1) is 15.8. The zero-order valence-electron chi connectivity index (χ0n) is 11.9. The van der Waals surface area contributed by atoms with Crippen molar-refractivity contribution in [2.24, 2.45) is 5.41 Å². The first-order valence-corrected chi connectivity index (χ1v) is 7.03. The van der Waals surface area contributed by atoms with Crippen molar-refractivity contribution >= 4 is 5.91 Å². The standard InChI is InChI=1S/C15H19F3N2O/c1-2-11-5-3-4-6-12(11)9-20-13(21)14(15(16,17)18)7-8-19-10-14/h3-6,19H,2,7-10H2,1H3,(H,20,21). The lowest BCUT2D eigenvalue weighted by atomic mass is 9.85. The normalized spacial score (nSPS) is 22.3. The lowest BCUT2D eigenvalue weighted by Gasteiger charge is -2.29. The van der Waals surface area contributed by atoms with E-state index >= 15 is 0 Å². The van der Waals surface area contributed by atoms with Gasteiger partial charge >= 0.3 is 6.18 Å². The van der Waals surface area contributed by atoms with Crippen molar-refractivity contribution in [1.29, 1.82) is 0 Å². The lowest BCUT2D eigenvalue weighted by Crippen LogP contribution is -2.52. The fraction of sp³-hybridized carbons (Fsp3) is 0.533. The Morgan fingerprint density at radius 3 is 2.52 bits per heavy atom. The van der Waals surface area contributed by atoms with E-state index in [1.165, 1.54) is 0 Å². The Kier molecular flexibility index (Phi) is 4.56. The SMILES string of the molecule is CCc1ccccc1CNC(=O)C1(C(F)(F)F)CCNC1. The molecule has 2 N–H and O–H groups in total. The van der Waals surface area contributed by atoms with Gasteiger partial charge < -0.3 is 10.6 Å². The molecule has 1 aromatic rings. The highest BCUT2D eigenvalue weighted by Crippen LogP contribution is 2.43. The average molecular weight is 300 g/mol. The number of rotatable bonds is 4. The predicted molar refractivity (Wildman–Crippen MR) is 73.6 cm³/mol. The first-order valence-electron chi connectivity index (χ1n) is 7.03. The van der Waals surface area contributed by atoms with Gasteiger partial charge in [-0.2, -0.15) is 13.2 Å². The summed E-state index contributed by atoms with van der Waals surface area (Å²) >= 11 is 0. The summed E-state index contributed by atoms with van der Waals surface area (Å²) in [7, 11) is 0. The molecule has 1 fully saturated rings. The molecule has 1 amide bonds. The third-order valence-electron chi connectivity index (χ3n) is 4.07. The largest absolute Gasteiger partial charge is 0.404 e. The molecule has 21 heavy (non-hydrogen) atoms. The zero-order valence-corrected chi connectivity index (χ0v) is 11.9. The first-order chi connectivity index (χ1) is 9.90. The van der Waals surface area contributed by atoms with Gasteiger partial charge in [0.05, 0.1) is 0 Å². The molecule has 0 bridgehead atoms. The van der Waals surface area contributed by atoms with Gasteiger partial charge in [0.2, 0.25) is 5.91 Å². The smallest absolute Gasteiger partial charge is 0.351 e. The van der Waals surface area contributed by atoms with Crippen molar-refractivity contribution in [3.63, 3.8) is 0 Å². The number of hydrogen-bond acceptors (Lipinski definition) is 2. The molecule has 3 nitrogen and oxygen atoms in total. The number of nitrogens with one attached hydrogen (secondary N) is 2. The predicted octanol–water partition coefficient (Wildman–Crippen LogP) is 2.41. The molecule has 1 heterocycles. The molecule has 1 saturated heterocycles. The number of alkyl halides is 3. The van der Waals surface area contributed by atoms with Crippen LogP contribution in [-0.4, -0.2) is 25.2 Å². The molecule has 116 valence electrons. The number of benzene rings is 1. The Labute approximate surface area is 121 Å². The molecule has 0 radical (unpaired) electrons. The van der Waals surface area contributed by atoms with Crippen LogP contribution in [0.1, 0.15) is 24.5 Å². The molecule has 0 saturated carbocycles. The monoisotopic (exact) mass is 300 g/mol. The van der Waals surface area contributed by atoms with Crippen molar-refractivity contribution in [2.75, 3.05) is 13.1 Å². The Hall–Kier alpha value is -1.56. The van der Waals surface area contributed by atoms with Gasteiger partial charge in [0.25, 0.3) is 0 Å². The van der Waals surface area contributed by atoms with Crippen molar-refractivity contribution in [2.45, 2.75) is 32.5 Å². The Morgan fingerprint density at radius 1 is 1.33 bits per heavy atom. The molecule has 1 unspecified atom stereocenters. The van der Waals surface area contributed by atoms with Gasteiger partial charge in [0, 0.05) is 13.1 Å². The Bertz CT molecular complexity index is 508. The molecule has 0 aliphatic carbocycles. The van der Waals surface area contributed by atoms with Gasteiger partial charge in [-0.25, -0.2) is 0 Å². The molecule has 0 aromatic heterocycles. The van der Waals surface area contributed by atoms with E-state index in [0.717, 1.165) is 17.5 Å². The van der Waals surface area contributed by atoms with Crippen LogP contribution in [0.5, 0.6) is 0 Å². The molecular weight excluding hydrogens is 281 g/mol. The van der Waals surface area contributed by atoms with Gasteiger partial charge in [-0.05, 0) is 30.5 Å². The average Bonchev–Trinajstić information content (AvgIpc) is 2.95. The van der Waals surface area contributed by atoms with Gasteiger partial charge in [-0.1, -0.05) is 31.2 Å². The lowest BCUT2D eigenvalue weighted by molar-refractivity contribution is -0.216. The maximum atomic E-state index is 13.2. The van der Waals surface area contributed by atoms with Gasteiger partial charge in [-0.15, -0.1) is 0 Å². The van der Waals surface area contributed by atoms with Gasteiger partial charge in [-0.3, -0.25) is 4.79 Å². The third-order valence-corrected chi connectivity index (χ3v) is 4.07. The summed E-state index contributed by atoms with van der Waals surface area (Å²) in [6.07, 6.45) is -3.97. The second-order valence-electron chi connectivity index (χ2n) is 5.31. The van der Waals surface area contributed by atoms with Crippen LogP contribution in [0.15, 0.2) is 24.3 Å². The second-order valence-corrected chi connectivity index (χ2v) is 5.31. The van der Waals surface area contributed by atoms with Crippen LogP contribution in [0.3, 0.4) is 0 Å². The van der Waals surface area contributed by atoms with Gasteiger partial charge in [0.15, 0.2) is 5.41 Å². The zero-order chi connectivity index (χ0) is 15.5. The maximum Gasteiger partial charge on any atom is 0.404 e. The quantitative estimate of drug-likeness (QED) is 0.896. The number of aryl methyl sites for hydroxylation is 1. The van der Waals surface area contributed by atoms with E-state index in [4.69, 9.17) is 0 Å². The minimum atomic E-state index is -4.54. The number of carbonyl (C=O) groups is 1. The molecule has 6 heteroatoms. The summed E-state index contributed by atoms with van der Waals surface area (Å²) in [5.74, 6) is -0.939. The van der Waals surface area contributed by atoms with E-state index < -0.39 is 17.5 Å². The number of carbonyl (C=O) groups excluding carboxylic acids is 1. The van der Waals surface area contributed by atoms with Crippen molar-refractivity contribution in [1.82, 2.24) is 10.6 Å². The summed E-state index contributed by atoms with van der Waals surface area (Å²) in [6, 6.07) is 7.43.